The zero-order chi connectivity index (χ0) is 24.9. The number of hydrogen-bond donors (Lipinski definition) is 2. The first-order valence-corrected chi connectivity index (χ1v) is 11.6. The van der Waals surface area contributed by atoms with Crippen LogP contribution in [0, 0.1) is 5.82 Å². The summed E-state index contributed by atoms with van der Waals surface area (Å²) in [5.74, 6) is -1.41. The molecule has 178 valence electrons. The molecule has 0 spiro atoms. The first-order valence-electron chi connectivity index (χ1n) is 11.2. The van der Waals surface area contributed by atoms with Crippen molar-refractivity contribution in [1.29, 1.82) is 0 Å². The van der Waals surface area contributed by atoms with Crippen LogP contribution in [0.5, 0.6) is 0 Å². The van der Waals surface area contributed by atoms with Crippen LogP contribution >= 0.6 is 11.6 Å². The van der Waals surface area contributed by atoms with Crippen molar-refractivity contribution < 1.29 is 19.4 Å². The Bertz CT molecular complexity index is 1440. The number of hydrogen-bond acceptors (Lipinski definition) is 3. The molecule has 0 radical (unpaired) electrons. The van der Waals surface area contributed by atoms with Gasteiger partial charge in [0.15, 0.2) is 0 Å². The molecular formula is C28H24ClFN2O3. The van der Waals surface area contributed by atoms with E-state index in [0.29, 0.717) is 18.0 Å². The highest BCUT2D eigenvalue weighted by molar-refractivity contribution is 6.32. The van der Waals surface area contributed by atoms with E-state index in [1.165, 1.54) is 18.2 Å². The molecule has 35 heavy (non-hydrogen) atoms. The minimum atomic E-state index is -1.01. The lowest BCUT2D eigenvalue weighted by Gasteiger charge is -2.17. The van der Waals surface area contributed by atoms with Crippen molar-refractivity contribution >= 4 is 45.7 Å². The lowest BCUT2D eigenvalue weighted by Crippen LogP contribution is -2.01. The average molecular weight is 491 g/mol. The molecule has 0 saturated heterocycles. The molecular weight excluding hydrogens is 467 g/mol. The van der Waals surface area contributed by atoms with E-state index in [1.807, 2.05) is 55.6 Å². The van der Waals surface area contributed by atoms with Crippen LogP contribution in [0.25, 0.3) is 28.1 Å². The van der Waals surface area contributed by atoms with Crippen molar-refractivity contribution in [2.75, 3.05) is 6.61 Å². The largest absolute Gasteiger partial charge is 0.478 e. The molecule has 1 aromatic heterocycles. The average Bonchev–Trinajstić information content (AvgIpc) is 3.24. The third kappa shape index (κ3) is 5.50. The zero-order valence-corrected chi connectivity index (χ0v) is 19.8. The molecule has 0 saturated carbocycles. The van der Waals surface area contributed by atoms with Crippen molar-refractivity contribution in [1.82, 2.24) is 9.78 Å². The smallest absolute Gasteiger partial charge is 0.328 e. The van der Waals surface area contributed by atoms with Gasteiger partial charge in [0.25, 0.3) is 0 Å². The molecule has 2 N–H and O–H groups in total. The molecule has 0 aliphatic carbocycles. The fourth-order valence-electron chi connectivity index (χ4n) is 4.13. The van der Waals surface area contributed by atoms with E-state index < -0.39 is 11.8 Å². The predicted octanol–water partition coefficient (Wildman–Crippen LogP) is 6.29. The number of aliphatic carboxylic acids is 1. The number of allylic oxidation sites excluding steroid dienone is 1. The van der Waals surface area contributed by atoms with Crippen LogP contribution in [0.3, 0.4) is 0 Å². The number of rotatable bonds is 8. The van der Waals surface area contributed by atoms with E-state index in [4.69, 9.17) is 16.7 Å². The van der Waals surface area contributed by atoms with Gasteiger partial charge in [-0.1, -0.05) is 54.9 Å². The summed E-state index contributed by atoms with van der Waals surface area (Å²) in [6.45, 7) is 2.43. The van der Waals surface area contributed by atoms with Crippen LogP contribution in [0.4, 0.5) is 4.39 Å². The quantitative estimate of drug-likeness (QED) is 0.225. The molecule has 3 aromatic carbocycles. The molecule has 0 unspecified atom stereocenters. The first-order chi connectivity index (χ1) is 16.9. The van der Waals surface area contributed by atoms with Gasteiger partial charge < -0.3 is 10.2 Å². The number of carbonyl (C=O) groups is 1. The zero-order valence-electron chi connectivity index (χ0n) is 19.1. The fraction of sp³-hybridized carbons (Fsp3) is 0.143. The molecule has 1 heterocycles. The van der Waals surface area contributed by atoms with E-state index in [2.05, 4.69) is 5.10 Å². The molecule has 0 aliphatic rings. The minimum Gasteiger partial charge on any atom is -0.478 e. The Morgan fingerprint density at radius 1 is 1.09 bits per heavy atom. The van der Waals surface area contributed by atoms with Crippen LogP contribution in [0.15, 0.2) is 72.9 Å². The van der Waals surface area contributed by atoms with Crippen molar-refractivity contribution in [2.24, 2.45) is 0 Å². The molecule has 5 nitrogen and oxygen atoms in total. The van der Waals surface area contributed by atoms with Crippen molar-refractivity contribution in [2.45, 2.75) is 19.9 Å². The van der Waals surface area contributed by atoms with Gasteiger partial charge in [-0.15, -0.1) is 0 Å². The molecule has 0 fully saturated rings. The van der Waals surface area contributed by atoms with Gasteiger partial charge in [0.1, 0.15) is 5.82 Å². The minimum absolute atomic E-state index is 0.00226. The summed E-state index contributed by atoms with van der Waals surface area (Å²) < 4.78 is 15.5. The Balaban J connectivity index is 1.92. The SMILES string of the molecule is CC/C(=C(/c1ccc(C=CC(=O)O)cc1)c1ccc2nn(CCO)cc2c1)c1ccc(F)cc1Cl. The highest BCUT2D eigenvalue weighted by atomic mass is 35.5. The number of aliphatic hydroxyl groups excluding tert-OH is 1. The van der Waals surface area contributed by atoms with Gasteiger partial charge in [0.05, 0.1) is 23.7 Å². The Morgan fingerprint density at radius 2 is 1.83 bits per heavy atom. The summed E-state index contributed by atoms with van der Waals surface area (Å²) in [5.41, 5.74) is 6.06. The number of halogens is 2. The third-order valence-electron chi connectivity index (χ3n) is 5.70. The number of nitrogens with zero attached hydrogens (tertiary/aromatic N) is 2. The summed E-state index contributed by atoms with van der Waals surface area (Å²) in [7, 11) is 0. The standard InChI is InChI=1S/C28H24ClFN2O3/c1-2-23(24-10-9-22(30)16-25(24)29)28(19-6-3-18(4-7-19)5-12-27(34)35)20-8-11-26-21(15-20)17-32(31-26)13-14-33/h3-12,15-17,33H,2,13-14H2,1H3,(H,34,35)/b12-5?,28-23+. The van der Waals surface area contributed by atoms with E-state index >= 15 is 0 Å². The van der Waals surface area contributed by atoms with Gasteiger partial charge in [-0.05, 0) is 70.2 Å². The second-order valence-corrected chi connectivity index (χ2v) is 8.42. The second kappa shape index (κ2) is 10.7. The van der Waals surface area contributed by atoms with Gasteiger partial charge in [0.2, 0.25) is 0 Å². The Morgan fingerprint density at radius 3 is 2.49 bits per heavy atom. The number of benzene rings is 3. The monoisotopic (exact) mass is 490 g/mol. The van der Waals surface area contributed by atoms with E-state index in [0.717, 1.165) is 50.4 Å². The normalized spacial score (nSPS) is 12.3. The van der Waals surface area contributed by atoms with E-state index in [1.54, 1.807) is 10.7 Å². The van der Waals surface area contributed by atoms with Crippen molar-refractivity contribution in [3.63, 3.8) is 0 Å². The van der Waals surface area contributed by atoms with Crippen molar-refractivity contribution in [3.05, 3.63) is 106 Å². The molecule has 0 atom stereocenters. The number of carboxylic acid groups (broad SMARTS) is 1. The maximum Gasteiger partial charge on any atom is 0.328 e. The molecule has 0 bridgehead atoms. The van der Waals surface area contributed by atoms with E-state index in [-0.39, 0.29) is 6.61 Å². The highest BCUT2D eigenvalue weighted by Gasteiger charge is 2.17. The van der Waals surface area contributed by atoms with Crippen LogP contribution in [-0.4, -0.2) is 32.6 Å². The van der Waals surface area contributed by atoms with Gasteiger partial charge in [-0.3, -0.25) is 4.68 Å². The Labute approximate surface area is 207 Å². The second-order valence-electron chi connectivity index (χ2n) is 8.01. The van der Waals surface area contributed by atoms with Crippen LogP contribution in [0.2, 0.25) is 5.02 Å². The maximum atomic E-state index is 13.8. The summed E-state index contributed by atoms with van der Waals surface area (Å²) in [6.07, 6.45) is 5.17. The molecule has 0 amide bonds. The molecule has 4 rings (SSSR count). The van der Waals surface area contributed by atoms with Gasteiger partial charge in [0, 0.05) is 17.7 Å². The van der Waals surface area contributed by atoms with Crippen LogP contribution in [-0.2, 0) is 11.3 Å². The van der Waals surface area contributed by atoms with Gasteiger partial charge >= 0.3 is 5.97 Å². The predicted molar refractivity (Wildman–Crippen MR) is 138 cm³/mol. The maximum absolute atomic E-state index is 13.8. The number of fused-ring (bicyclic) bond motifs is 1. The molecule has 0 aliphatic heterocycles. The lowest BCUT2D eigenvalue weighted by molar-refractivity contribution is -0.131. The highest BCUT2D eigenvalue weighted by Crippen LogP contribution is 2.38. The number of aromatic nitrogens is 2. The summed E-state index contributed by atoms with van der Waals surface area (Å²) in [4.78, 5) is 10.9. The Hall–Kier alpha value is -3.74. The fourth-order valence-corrected chi connectivity index (χ4v) is 4.41. The number of aliphatic hydroxyl groups is 1. The van der Waals surface area contributed by atoms with Crippen LogP contribution in [0.1, 0.15) is 35.6 Å². The molecule has 7 heteroatoms. The molecule has 4 aromatic rings. The Kier molecular flexibility index (Phi) is 7.44. The van der Waals surface area contributed by atoms with E-state index in [9.17, 15) is 14.3 Å². The topological polar surface area (TPSA) is 75.3 Å². The van der Waals surface area contributed by atoms with Crippen LogP contribution < -0.4 is 0 Å². The summed E-state index contributed by atoms with van der Waals surface area (Å²) in [5, 5.41) is 23.9. The summed E-state index contributed by atoms with van der Waals surface area (Å²) >= 11 is 6.48. The van der Waals surface area contributed by atoms with Gasteiger partial charge in [-0.2, -0.15) is 5.10 Å². The first kappa shape index (κ1) is 24.4. The lowest BCUT2D eigenvalue weighted by atomic mass is 9.87. The van der Waals surface area contributed by atoms with Gasteiger partial charge in [-0.25, -0.2) is 9.18 Å². The summed E-state index contributed by atoms with van der Waals surface area (Å²) in [6, 6.07) is 17.9. The third-order valence-corrected chi connectivity index (χ3v) is 6.01. The van der Waals surface area contributed by atoms with Crippen molar-refractivity contribution in [3.8, 4) is 0 Å². The number of carboxylic acids is 1.